The number of likely N-dealkylation sites (tertiary alicyclic amines) is 1. The number of alkyl halides is 2. The van der Waals surface area contributed by atoms with E-state index in [-0.39, 0.29) is 30.0 Å². The standard InChI is InChI=1S/C28H26F2N4O4/c29-26(30)23-6-2-17-11-16(1-5-22(17)31-23)13-33-10-9-20(15-33)38-19-3-4-21-18(12-19)14-34(28(21)37)24-7-8-25(35)32-27(24)36/h1-6,11-12,20,24,26H,7-10,13-15H2,(H,32,35,36). The van der Waals surface area contributed by atoms with Gasteiger partial charge in [0.15, 0.2) is 0 Å². The number of pyridine rings is 1. The Bertz CT molecular complexity index is 1450. The van der Waals surface area contributed by atoms with Crippen LogP contribution in [0.1, 0.15) is 52.9 Å². The summed E-state index contributed by atoms with van der Waals surface area (Å²) >= 11 is 0. The molecule has 3 aromatic rings. The number of hydrogen-bond donors (Lipinski definition) is 1. The van der Waals surface area contributed by atoms with E-state index in [9.17, 15) is 23.2 Å². The van der Waals surface area contributed by atoms with E-state index in [4.69, 9.17) is 4.74 Å². The predicted molar refractivity (Wildman–Crippen MR) is 133 cm³/mol. The van der Waals surface area contributed by atoms with Crippen molar-refractivity contribution in [2.24, 2.45) is 0 Å². The fourth-order valence-corrected chi connectivity index (χ4v) is 5.52. The molecule has 0 bridgehead atoms. The Morgan fingerprint density at radius 2 is 1.92 bits per heavy atom. The van der Waals surface area contributed by atoms with Gasteiger partial charge >= 0.3 is 0 Å². The van der Waals surface area contributed by atoms with Gasteiger partial charge in [-0.15, -0.1) is 0 Å². The highest BCUT2D eigenvalue weighted by atomic mass is 19.3. The molecule has 2 saturated heterocycles. The van der Waals surface area contributed by atoms with Crippen LogP contribution in [-0.2, 0) is 22.7 Å². The number of piperidine rings is 1. The van der Waals surface area contributed by atoms with Crippen LogP contribution in [0.3, 0.4) is 0 Å². The predicted octanol–water partition coefficient (Wildman–Crippen LogP) is 3.59. The van der Waals surface area contributed by atoms with E-state index in [1.165, 1.54) is 11.0 Å². The number of halogens is 2. The molecule has 1 N–H and O–H groups in total. The number of hydrogen-bond acceptors (Lipinski definition) is 6. The summed E-state index contributed by atoms with van der Waals surface area (Å²) in [4.78, 5) is 44.5. The van der Waals surface area contributed by atoms with Gasteiger partial charge in [0.05, 0.1) is 5.52 Å². The first-order valence-corrected chi connectivity index (χ1v) is 12.7. The number of nitrogens with one attached hydrogen (secondary N) is 1. The smallest absolute Gasteiger partial charge is 0.280 e. The lowest BCUT2D eigenvalue weighted by Gasteiger charge is -2.29. The molecular formula is C28H26F2N4O4. The molecule has 3 aliphatic rings. The Kier molecular flexibility index (Phi) is 6.27. The average molecular weight is 521 g/mol. The number of fused-ring (bicyclic) bond motifs is 2. The van der Waals surface area contributed by atoms with Gasteiger partial charge in [0.1, 0.15) is 23.6 Å². The number of rotatable bonds is 6. The molecule has 0 aliphatic carbocycles. The van der Waals surface area contributed by atoms with Crippen LogP contribution in [0.25, 0.3) is 10.9 Å². The Hall–Kier alpha value is -3.92. The van der Waals surface area contributed by atoms with E-state index in [1.807, 2.05) is 18.2 Å². The first-order chi connectivity index (χ1) is 18.3. The van der Waals surface area contributed by atoms with Crippen molar-refractivity contribution in [2.45, 2.75) is 50.9 Å². The van der Waals surface area contributed by atoms with Gasteiger partial charge in [-0.2, -0.15) is 0 Å². The number of amides is 3. The zero-order chi connectivity index (χ0) is 26.4. The summed E-state index contributed by atoms with van der Waals surface area (Å²) in [5.74, 6) is -0.257. The van der Waals surface area contributed by atoms with Crippen molar-refractivity contribution in [3.63, 3.8) is 0 Å². The molecule has 10 heteroatoms. The van der Waals surface area contributed by atoms with Gasteiger partial charge in [-0.1, -0.05) is 12.1 Å². The van der Waals surface area contributed by atoms with E-state index in [0.29, 0.717) is 36.3 Å². The maximum atomic E-state index is 12.9. The molecule has 0 saturated carbocycles. The SMILES string of the molecule is O=C1CCC(N2Cc3cc(OC4CCN(Cc5ccc6nc(C(F)F)ccc6c5)C4)ccc3C2=O)C(=O)N1. The third kappa shape index (κ3) is 4.71. The molecule has 196 valence electrons. The van der Waals surface area contributed by atoms with Crippen molar-refractivity contribution >= 4 is 28.6 Å². The van der Waals surface area contributed by atoms with E-state index in [0.717, 1.165) is 36.0 Å². The lowest BCUT2D eigenvalue weighted by atomic mass is 10.0. The summed E-state index contributed by atoms with van der Waals surface area (Å²) in [7, 11) is 0. The van der Waals surface area contributed by atoms with Crippen molar-refractivity contribution in [3.8, 4) is 5.75 Å². The van der Waals surface area contributed by atoms with Crippen LogP contribution >= 0.6 is 0 Å². The maximum absolute atomic E-state index is 12.9. The summed E-state index contributed by atoms with van der Waals surface area (Å²) in [6.07, 6.45) is -1.19. The van der Waals surface area contributed by atoms with Crippen molar-refractivity contribution < 1.29 is 27.9 Å². The quantitative estimate of drug-likeness (QED) is 0.500. The van der Waals surface area contributed by atoms with E-state index < -0.39 is 18.4 Å². The number of carbonyl (C=O) groups is 3. The summed E-state index contributed by atoms with van der Waals surface area (Å²) in [6, 6.07) is 13.5. The molecule has 2 atom stereocenters. The minimum absolute atomic E-state index is 0.00730. The number of imide groups is 1. The van der Waals surface area contributed by atoms with Gasteiger partial charge in [0.2, 0.25) is 11.8 Å². The first kappa shape index (κ1) is 24.4. The fourth-order valence-electron chi connectivity index (χ4n) is 5.52. The fraction of sp³-hybridized carbons (Fsp3) is 0.357. The molecule has 2 unspecified atom stereocenters. The van der Waals surface area contributed by atoms with Gasteiger partial charge in [0, 0.05) is 43.5 Å². The Morgan fingerprint density at radius 1 is 1.05 bits per heavy atom. The molecule has 2 aromatic carbocycles. The second-order valence-electron chi connectivity index (χ2n) is 10.0. The van der Waals surface area contributed by atoms with E-state index in [1.54, 1.807) is 24.3 Å². The number of nitrogens with zero attached hydrogens (tertiary/aromatic N) is 3. The summed E-state index contributed by atoms with van der Waals surface area (Å²) < 4.78 is 32.1. The zero-order valence-electron chi connectivity index (χ0n) is 20.5. The number of aromatic nitrogens is 1. The van der Waals surface area contributed by atoms with Crippen LogP contribution in [0.5, 0.6) is 5.75 Å². The molecule has 8 nitrogen and oxygen atoms in total. The van der Waals surface area contributed by atoms with Crippen molar-refractivity contribution in [3.05, 3.63) is 70.9 Å². The molecule has 2 fully saturated rings. The number of benzene rings is 2. The van der Waals surface area contributed by atoms with Gasteiger partial charge in [-0.3, -0.25) is 24.6 Å². The zero-order valence-corrected chi connectivity index (χ0v) is 20.5. The topological polar surface area (TPSA) is 91.8 Å². The number of ether oxygens (including phenoxy) is 1. The average Bonchev–Trinajstić information content (AvgIpc) is 3.47. The Morgan fingerprint density at radius 3 is 2.74 bits per heavy atom. The largest absolute Gasteiger partial charge is 0.489 e. The van der Waals surface area contributed by atoms with Crippen LogP contribution < -0.4 is 10.1 Å². The highest BCUT2D eigenvalue weighted by Gasteiger charge is 2.39. The van der Waals surface area contributed by atoms with Crippen LogP contribution in [0.2, 0.25) is 0 Å². The summed E-state index contributed by atoms with van der Waals surface area (Å²) in [6.45, 7) is 2.62. The molecule has 6 rings (SSSR count). The lowest BCUT2D eigenvalue weighted by molar-refractivity contribution is -0.136. The first-order valence-electron chi connectivity index (χ1n) is 12.7. The normalized spacial score (nSPS) is 21.9. The molecule has 38 heavy (non-hydrogen) atoms. The van der Waals surface area contributed by atoms with Gasteiger partial charge in [0.25, 0.3) is 12.3 Å². The van der Waals surface area contributed by atoms with Crippen LogP contribution in [0.4, 0.5) is 8.78 Å². The van der Waals surface area contributed by atoms with Gasteiger partial charge in [-0.05, 0) is 60.4 Å². The third-order valence-corrected chi connectivity index (χ3v) is 7.43. The minimum Gasteiger partial charge on any atom is -0.489 e. The summed E-state index contributed by atoms with van der Waals surface area (Å²) in [5.41, 5.74) is 2.78. The molecular weight excluding hydrogens is 494 g/mol. The molecule has 0 radical (unpaired) electrons. The molecule has 3 aliphatic heterocycles. The van der Waals surface area contributed by atoms with Crippen LogP contribution in [0, 0.1) is 0 Å². The maximum Gasteiger partial charge on any atom is 0.280 e. The lowest BCUT2D eigenvalue weighted by Crippen LogP contribution is -2.52. The van der Waals surface area contributed by atoms with Gasteiger partial charge < -0.3 is 9.64 Å². The Labute approximate surface area is 217 Å². The summed E-state index contributed by atoms with van der Waals surface area (Å²) in [5, 5.41) is 3.15. The highest BCUT2D eigenvalue weighted by molar-refractivity contribution is 6.05. The van der Waals surface area contributed by atoms with E-state index >= 15 is 0 Å². The minimum atomic E-state index is -2.59. The van der Waals surface area contributed by atoms with E-state index in [2.05, 4.69) is 15.2 Å². The van der Waals surface area contributed by atoms with Crippen LogP contribution in [-0.4, -0.2) is 57.7 Å². The van der Waals surface area contributed by atoms with Gasteiger partial charge in [-0.25, -0.2) is 13.8 Å². The molecule has 3 amide bonds. The van der Waals surface area contributed by atoms with Crippen LogP contribution in [0.15, 0.2) is 48.5 Å². The molecule has 1 aromatic heterocycles. The number of carbonyl (C=O) groups excluding carboxylic acids is 3. The second-order valence-corrected chi connectivity index (χ2v) is 10.0. The Balaban J connectivity index is 1.07. The highest BCUT2D eigenvalue weighted by Crippen LogP contribution is 2.31. The molecule has 4 heterocycles. The monoisotopic (exact) mass is 520 g/mol. The van der Waals surface area contributed by atoms with Crippen molar-refractivity contribution in [1.29, 1.82) is 0 Å². The third-order valence-electron chi connectivity index (χ3n) is 7.43. The van der Waals surface area contributed by atoms with Crippen molar-refractivity contribution in [2.75, 3.05) is 13.1 Å². The molecule has 0 spiro atoms. The second kappa shape index (κ2) is 9.75. The van der Waals surface area contributed by atoms with Crippen molar-refractivity contribution in [1.82, 2.24) is 20.1 Å².